The molecule has 0 N–H and O–H groups in total. The quantitative estimate of drug-likeness (QED) is 0.433. The van der Waals surface area contributed by atoms with E-state index in [1.807, 2.05) is 27.7 Å². The van der Waals surface area contributed by atoms with Crippen LogP contribution in [0.15, 0.2) is 0 Å². The van der Waals surface area contributed by atoms with Gasteiger partial charge in [0.1, 0.15) is 0 Å². The first kappa shape index (κ1) is 22.8. The minimum atomic E-state index is -4.17. The van der Waals surface area contributed by atoms with Crippen LogP contribution in [0.4, 0.5) is 0 Å². The zero-order valence-corrected chi connectivity index (χ0v) is 16.4. The Labute approximate surface area is 142 Å². The molecule has 0 saturated heterocycles. The van der Waals surface area contributed by atoms with Gasteiger partial charge >= 0.3 is 0 Å². The van der Waals surface area contributed by atoms with Crippen molar-refractivity contribution < 1.29 is 25.2 Å². The molecule has 0 unspecified atom stereocenters. The van der Waals surface area contributed by atoms with Crippen molar-refractivity contribution in [1.82, 2.24) is 0 Å². The highest BCUT2D eigenvalue weighted by molar-refractivity contribution is 8.03. The highest BCUT2D eigenvalue weighted by Crippen LogP contribution is 2.17. The molecule has 0 aromatic rings. The van der Waals surface area contributed by atoms with Crippen molar-refractivity contribution in [3.05, 3.63) is 0 Å². The monoisotopic (exact) mass is 372 g/mol. The van der Waals surface area contributed by atoms with Crippen molar-refractivity contribution in [2.45, 2.75) is 91.3 Å². The average Bonchev–Trinajstić information content (AvgIpc) is 2.37. The van der Waals surface area contributed by atoms with Crippen LogP contribution in [0.2, 0.25) is 0 Å². The third-order valence-corrected chi connectivity index (χ3v) is 6.74. The molecular formula is C15H32O6S2. The second-order valence-corrected chi connectivity index (χ2v) is 9.38. The van der Waals surface area contributed by atoms with E-state index in [2.05, 4.69) is 0 Å². The summed E-state index contributed by atoms with van der Waals surface area (Å²) in [5.74, 6) is 0. The lowest BCUT2D eigenvalue weighted by molar-refractivity contribution is 0.181. The molecule has 0 aromatic heterocycles. The summed E-state index contributed by atoms with van der Waals surface area (Å²) in [5, 5.41) is -1.12. The molecular weight excluding hydrogens is 340 g/mol. The zero-order chi connectivity index (χ0) is 17.9. The Hall–Kier alpha value is -0.180. The third-order valence-electron chi connectivity index (χ3n) is 3.30. The molecule has 0 heterocycles. The largest absolute Gasteiger partial charge is 0.284 e. The number of hydrogen-bond donors (Lipinski definition) is 0. The van der Waals surface area contributed by atoms with Gasteiger partial charge in [0.05, 0.1) is 12.2 Å². The summed E-state index contributed by atoms with van der Waals surface area (Å²) < 4.78 is 58.2. The summed E-state index contributed by atoms with van der Waals surface area (Å²) in [7, 11) is -8.34. The normalized spacial score (nSPS) is 13.1. The zero-order valence-electron chi connectivity index (χ0n) is 14.8. The molecule has 0 bridgehead atoms. The van der Waals surface area contributed by atoms with E-state index < -0.39 is 37.5 Å². The van der Waals surface area contributed by atoms with Crippen LogP contribution in [-0.2, 0) is 28.6 Å². The first-order chi connectivity index (χ1) is 10.7. The van der Waals surface area contributed by atoms with E-state index in [9.17, 15) is 16.8 Å². The summed E-state index contributed by atoms with van der Waals surface area (Å²) in [6.45, 7) is 7.72. The van der Waals surface area contributed by atoms with Crippen molar-refractivity contribution in [2.75, 3.05) is 5.08 Å². The molecule has 0 fully saturated rings. The van der Waals surface area contributed by atoms with Gasteiger partial charge in [0.2, 0.25) is 5.08 Å². The van der Waals surface area contributed by atoms with E-state index in [1.165, 1.54) is 0 Å². The standard InChI is InChI=1S/C15H32O6S2/c1-5-9-14(10-6-2)20-22(16,17)13-23(18,19)21-15(11-7-3)12-8-4/h14-15H,5-13H2,1-4H3. The second-order valence-electron chi connectivity index (χ2n) is 5.82. The van der Waals surface area contributed by atoms with Crippen LogP contribution in [0.3, 0.4) is 0 Å². The van der Waals surface area contributed by atoms with Gasteiger partial charge < -0.3 is 0 Å². The number of hydrogen-bond acceptors (Lipinski definition) is 6. The topological polar surface area (TPSA) is 86.7 Å². The summed E-state index contributed by atoms with van der Waals surface area (Å²) >= 11 is 0. The molecule has 0 aromatic carbocycles. The second kappa shape index (κ2) is 11.4. The first-order valence-electron chi connectivity index (χ1n) is 8.51. The van der Waals surface area contributed by atoms with Crippen LogP contribution in [0.5, 0.6) is 0 Å². The van der Waals surface area contributed by atoms with E-state index in [0.717, 1.165) is 25.7 Å². The lowest BCUT2D eigenvalue weighted by Gasteiger charge is -2.18. The fourth-order valence-electron chi connectivity index (χ4n) is 2.42. The van der Waals surface area contributed by atoms with Gasteiger partial charge in [-0.3, -0.25) is 8.37 Å². The highest BCUT2D eigenvalue weighted by atomic mass is 32.3. The summed E-state index contributed by atoms with van der Waals surface area (Å²) in [6.07, 6.45) is 4.52. The number of rotatable bonds is 14. The SMILES string of the molecule is CCCC(CCC)OS(=O)(=O)CS(=O)(=O)OC(CCC)CCC. The average molecular weight is 373 g/mol. The van der Waals surface area contributed by atoms with Gasteiger partial charge in [-0.1, -0.05) is 53.4 Å². The van der Waals surface area contributed by atoms with Gasteiger partial charge in [-0.15, -0.1) is 0 Å². The summed E-state index contributed by atoms with van der Waals surface area (Å²) in [5.41, 5.74) is 0. The Morgan fingerprint density at radius 3 is 1.09 bits per heavy atom. The van der Waals surface area contributed by atoms with E-state index >= 15 is 0 Å². The predicted octanol–water partition coefficient (Wildman–Crippen LogP) is 3.57. The highest BCUT2D eigenvalue weighted by Gasteiger charge is 2.29. The van der Waals surface area contributed by atoms with Crippen LogP contribution in [-0.4, -0.2) is 34.1 Å². The smallest absolute Gasteiger partial charge is 0.266 e. The molecule has 6 nitrogen and oxygen atoms in total. The fraction of sp³-hybridized carbons (Fsp3) is 1.00. The molecule has 0 aliphatic rings. The molecule has 23 heavy (non-hydrogen) atoms. The van der Waals surface area contributed by atoms with Crippen LogP contribution < -0.4 is 0 Å². The van der Waals surface area contributed by atoms with E-state index in [-0.39, 0.29) is 0 Å². The van der Waals surface area contributed by atoms with Gasteiger partial charge in [-0.2, -0.15) is 16.8 Å². The molecule has 0 radical (unpaired) electrons. The van der Waals surface area contributed by atoms with Gasteiger partial charge in [0.25, 0.3) is 20.2 Å². The van der Waals surface area contributed by atoms with E-state index in [0.29, 0.717) is 25.7 Å². The van der Waals surface area contributed by atoms with Crippen molar-refractivity contribution in [1.29, 1.82) is 0 Å². The van der Waals surface area contributed by atoms with Crippen LogP contribution >= 0.6 is 0 Å². The van der Waals surface area contributed by atoms with Crippen molar-refractivity contribution in [3.63, 3.8) is 0 Å². The van der Waals surface area contributed by atoms with E-state index in [4.69, 9.17) is 8.37 Å². The molecule has 0 rings (SSSR count). The van der Waals surface area contributed by atoms with Crippen molar-refractivity contribution >= 4 is 20.2 Å². The van der Waals surface area contributed by atoms with Crippen LogP contribution in [0.25, 0.3) is 0 Å². The van der Waals surface area contributed by atoms with E-state index in [1.54, 1.807) is 0 Å². The van der Waals surface area contributed by atoms with Gasteiger partial charge in [0.15, 0.2) is 0 Å². The molecule has 0 spiro atoms. The maximum Gasteiger partial charge on any atom is 0.284 e. The molecule has 0 aliphatic carbocycles. The summed E-state index contributed by atoms with van der Waals surface area (Å²) in [4.78, 5) is 0. The van der Waals surface area contributed by atoms with Crippen molar-refractivity contribution in [2.24, 2.45) is 0 Å². The lowest BCUT2D eigenvalue weighted by Crippen LogP contribution is -2.28. The Morgan fingerprint density at radius 2 is 0.870 bits per heavy atom. The molecule has 0 atom stereocenters. The molecule has 140 valence electrons. The molecule has 0 aliphatic heterocycles. The summed E-state index contributed by atoms with van der Waals surface area (Å²) in [6, 6.07) is 0. The Balaban J connectivity index is 4.83. The fourth-order valence-corrected chi connectivity index (χ4v) is 5.49. The molecule has 0 saturated carbocycles. The van der Waals surface area contributed by atoms with Crippen LogP contribution in [0, 0.1) is 0 Å². The van der Waals surface area contributed by atoms with Gasteiger partial charge in [0, 0.05) is 0 Å². The van der Waals surface area contributed by atoms with Gasteiger partial charge in [-0.25, -0.2) is 0 Å². The Bertz CT molecular complexity index is 440. The molecule has 8 heteroatoms. The van der Waals surface area contributed by atoms with Crippen LogP contribution in [0.1, 0.15) is 79.1 Å². The molecule has 0 amide bonds. The lowest BCUT2D eigenvalue weighted by atomic mass is 10.1. The maximum atomic E-state index is 12.0. The minimum absolute atomic E-state index is 0.465. The van der Waals surface area contributed by atoms with Gasteiger partial charge in [-0.05, 0) is 25.7 Å². The predicted molar refractivity (Wildman–Crippen MR) is 92.1 cm³/mol. The van der Waals surface area contributed by atoms with Crippen molar-refractivity contribution in [3.8, 4) is 0 Å². The third kappa shape index (κ3) is 11.1. The Kier molecular flexibility index (Phi) is 11.3. The Morgan fingerprint density at radius 1 is 0.609 bits per heavy atom. The minimum Gasteiger partial charge on any atom is -0.266 e. The maximum absolute atomic E-state index is 12.0. The first-order valence-corrected chi connectivity index (χ1v) is 11.7.